The van der Waals surface area contributed by atoms with E-state index in [1.165, 1.54) is 73.8 Å². The summed E-state index contributed by atoms with van der Waals surface area (Å²) in [5.74, 6) is -11.6. The number of aliphatic hydroxyl groups is 3. The van der Waals surface area contributed by atoms with Crippen molar-refractivity contribution in [1.29, 1.82) is 0 Å². The number of aliphatic hydroxyl groups excluding tert-OH is 3. The molecule has 5 aromatic rings. The number of rotatable bonds is 22. The van der Waals surface area contributed by atoms with Gasteiger partial charge in [-0.1, -0.05) is 55.2 Å². The number of nitrogens with two attached hydrogens (primary N) is 3. The quantitative estimate of drug-likeness (QED) is 0.0473. The van der Waals surface area contributed by atoms with E-state index in [1.807, 2.05) is 13.8 Å². The van der Waals surface area contributed by atoms with Gasteiger partial charge in [-0.25, -0.2) is 4.79 Å². The molecule has 9 atom stereocenters. The number of aryl methyl sites for hydroxylation is 1. The third-order valence-electron chi connectivity index (χ3n) is 14.1. The number of halogens is 2. The van der Waals surface area contributed by atoms with Gasteiger partial charge in [-0.3, -0.25) is 33.6 Å². The Kier molecular flexibility index (Phi) is 22.1. The maximum Gasteiger partial charge on any atom is 0.330 e. The van der Waals surface area contributed by atoms with Crippen LogP contribution in [0.3, 0.4) is 0 Å². The lowest BCUT2D eigenvalue weighted by atomic mass is 9.91. The molecular weight excluding hydrogens is 1200 g/mol. The maximum atomic E-state index is 14.3. The number of phenolic OH excluding ortho intramolecular Hbond substituents is 3. The molecular formula is C59H66Cl2N8O19. The number of carbonyl (C=O) groups is 8. The number of carboxylic acids is 1. The summed E-state index contributed by atoms with van der Waals surface area (Å²) in [7, 11) is 1.52. The largest absolute Gasteiger partial charge is 0.508 e. The third kappa shape index (κ3) is 16.8. The molecule has 0 spiro atoms. The van der Waals surface area contributed by atoms with Gasteiger partial charge in [-0.2, -0.15) is 0 Å². The van der Waals surface area contributed by atoms with Crippen LogP contribution in [0, 0.1) is 5.92 Å². The molecule has 8 rings (SSSR count). The normalized spacial score (nSPS) is 20.1. The summed E-state index contributed by atoms with van der Waals surface area (Å²) in [5.41, 5.74) is 16.5. The first-order valence-corrected chi connectivity index (χ1v) is 28.1. The fraction of sp³-hybridized carbons (Fsp3) is 0.356. The fourth-order valence-corrected chi connectivity index (χ4v) is 10.4. The van der Waals surface area contributed by atoms with Crippen LogP contribution >= 0.6 is 23.2 Å². The van der Waals surface area contributed by atoms with E-state index in [9.17, 15) is 74.1 Å². The van der Waals surface area contributed by atoms with Crippen LogP contribution in [0.4, 0.5) is 0 Å². The summed E-state index contributed by atoms with van der Waals surface area (Å²) in [6, 6.07) is 7.74. The molecule has 1 saturated heterocycles. The van der Waals surface area contributed by atoms with E-state index in [0.717, 1.165) is 12.1 Å². The molecule has 0 aromatic heterocycles. The minimum atomic E-state index is -1.93. The number of hydrogen-bond acceptors (Lipinski definition) is 19. The fourth-order valence-electron chi connectivity index (χ4n) is 9.91. The van der Waals surface area contributed by atoms with E-state index in [-0.39, 0.29) is 105 Å². The van der Waals surface area contributed by atoms with Gasteiger partial charge in [0.05, 0.1) is 47.7 Å². The molecule has 18 N–H and O–H groups in total. The second-order valence-corrected chi connectivity index (χ2v) is 22.2. The molecule has 3 aliphatic rings. The van der Waals surface area contributed by atoms with E-state index >= 15 is 0 Å². The van der Waals surface area contributed by atoms with E-state index in [4.69, 9.17) is 59.4 Å². The van der Waals surface area contributed by atoms with Gasteiger partial charge in [0.25, 0.3) is 0 Å². The van der Waals surface area contributed by atoms with Gasteiger partial charge in [0.2, 0.25) is 53.4 Å². The molecule has 88 heavy (non-hydrogen) atoms. The number of carbonyl (C=O) groups excluding carboxylic acids is 7. The molecule has 0 saturated carbocycles. The summed E-state index contributed by atoms with van der Waals surface area (Å²) in [4.78, 5) is 106. The van der Waals surface area contributed by atoms with Crippen LogP contribution < -0.4 is 58.0 Å². The highest BCUT2D eigenvalue weighted by Crippen LogP contribution is 2.48. The number of aliphatic carboxylic acids is 1. The van der Waals surface area contributed by atoms with Gasteiger partial charge in [0.15, 0.2) is 17.5 Å². The number of amides is 7. The van der Waals surface area contributed by atoms with Crippen molar-refractivity contribution in [2.45, 2.75) is 114 Å². The molecule has 27 nitrogen and oxygen atoms in total. The van der Waals surface area contributed by atoms with Crippen LogP contribution in [0.2, 0.25) is 10.0 Å². The van der Waals surface area contributed by atoms with Gasteiger partial charge in [-0.15, -0.1) is 0 Å². The second-order valence-electron chi connectivity index (χ2n) is 21.4. The van der Waals surface area contributed by atoms with Gasteiger partial charge < -0.3 is 98.5 Å². The van der Waals surface area contributed by atoms with Crippen molar-refractivity contribution in [3.8, 4) is 57.1 Å². The van der Waals surface area contributed by atoms with Crippen molar-refractivity contribution in [3.05, 3.63) is 117 Å². The van der Waals surface area contributed by atoms with E-state index in [0.29, 0.717) is 17.5 Å². The molecule has 470 valence electrons. The number of nitrogens with one attached hydrogen (secondary N) is 5. The first kappa shape index (κ1) is 66.6. The Bertz CT molecular complexity index is 3500. The Morgan fingerprint density at radius 2 is 1.52 bits per heavy atom. The summed E-state index contributed by atoms with van der Waals surface area (Å²) in [5, 5.41) is 87.7. The molecule has 0 aliphatic carbocycles. The number of aromatic hydroxyl groups is 3. The van der Waals surface area contributed by atoms with E-state index in [2.05, 4.69) is 26.6 Å². The standard InChI is InChI=1S/C59H66Cl2N8O19/c1-25(2)12-37(65-3)56(80)69-52-53(78)28-7-10-42(36(61)16-28)87-44-18-29(50(55(64)79)68-57(81)38(23-46(63)76)66-58(52)82)17-43(54(44)88-48-22-30(71)19-32(24-70)85-48)86-41-9-5-26(14-35(41)60)6-11-47(77)67-51(59(83)84)34-20-31(72)21-40(74)49(34)33-13-27(15-45(62)75)4-8-39(33)73/h4-5,7-10,13-14,16-18,20-21,25,30,32,37-38,48,50-53,65,70-74,78H,6,11-12,15,19,22-24H2,1-3H3,(H2,62,75)(H2,63,76)(H2,64,79)(H,66,82)(H,67,77)(H,68,81)(H,69,80)(H,83,84)/t30-,32-,37+,38-,48-,50+,51-,52+,53+/m0/s1. The predicted molar refractivity (Wildman–Crippen MR) is 313 cm³/mol. The Balaban J connectivity index is 1.26. The van der Waals surface area contributed by atoms with E-state index in [1.54, 1.807) is 0 Å². The third-order valence-corrected chi connectivity index (χ3v) is 14.7. The number of benzene rings is 5. The first-order valence-electron chi connectivity index (χ1n) is 27.4. The molecule has 7 amide bonds. The van der Waals surface area contributed by atoms with E-state index < -0.39 is 132 Å². The van der Waals surface area contributed by atoms with Crippen LogP contribution in [0.5, 0.6) is 46.0 Å². The van der Waals surface area contributed by atoms with Gasteiger partial charge >= 0.3 is 5.97 Å². The number of fused-ring (bicyclic) bond motifs is 9. The van der Waals surface area contributed by atoms with Crippen molar-refractivity contribution >= 4 is 70.5 Å². The average Bonchev–Trinajstić information content (AvgIpc) is 1.64. The zero-order chi connectivity index (χ0) is 64.4. The van der Waals surface area contributed by atoms with Gasteiger partial charge in [-0.05, 0) is 103 Å². The highest BCUT2D eigenvalue weighted by atomic mass is 35.5. The molecule has 29 heteroatoms. The zero-order valence-corrected chi connectivity index (χ0v) is 49.0. The Hall–Kier alpha value is -8.96. The average molecular weight is 1260 g/mol. The lowest BCUT2D eigenvalue weighted by molar-refractivity contribution is -0.185. The highest BCUT2D eigenvalue weighted by Gasteiger charge is 2.38. The molecule has 0 unspecified atom stereocenters. The van der Waals surface area contributed by atoms with Crippen molar-refractivity contribution in [2.24, 2.45) is 23.1 Å². The van der Waals surface area contributed by atoms with Gasteiger partial charge in [0.1, 0.15) is 53.0 Å². The number of primary amides is 3. The Morgan fingerprint density at radius 1 is 0.795 bits per heavy atom. The van der Waals surface area contributed by atoms with Crippen molar-refractivity contribution in [3.63, 3.8) is 0 Å². The van der Waals surface area contributed by atoms with Crippen LogP contribution in [-0.4, -0.2) is 133 Å². The number of ether oxygens (including phenoxy) is 4. The summed E-state index contributed by atoms with van der Waals surface area (Å²) in [6.45, 7) is 3.19. The van der Waals surface area contributed by atoms with Crippen molar-refractivity contribution in [2.75, 3.05) is 13.7 Å². The lowest BCUT2D eigenvalue weighted by Gasteiger charge is -2.33. The lowest BCUT2D eigenvalue weighted by Crippen LogP contribution is -2.58. The topological polar surface area (TPSA) is 453 Å². The van der Waals surface area contributed by atoms with Crippen LogP contribution in [-0.2, 0) is 55.9 Å². The van der Waals surface area contributed by atoms with Crippen LogP contribution in [0.15, 0.2) is 78.9 Å². The second kappa shape index (κ2) is 29.2. The van der Waals surface area contributed by atoms with Crippen molar-refractivity contribution in [1.82, 2.24) is 26.6 Å². The van der Waals surface area contributed by atoms with Crippen LogP contribution in [0.25, 0.3) is 11.1 Å². The number of phenols is 3. The molecule has 1 fully saturated rings. The molecule has 0 radical (unpaired) electrons. The molecule has 3 heterocycles. The SMILES string of the molecule is CN[C@H](CC(C)C)C(=O)N[C@H]1C(=O)N[C@@H](CC(N)=O)C(=O)N[C@@H](C(N)=O)c2cc(Oc3ccc(CCC(=O)N[C@H](C(=O)O)c4cc(O)cc(O)c4-c4cc(CC(N)=O)ccc4O)cc3Cl)c(O[C@H]3C[C@@H](O)C[C@@H](CO)O3)c(c2)Oc2ccc(cc2Cl)[C@H]1O. The van der Waals surface area contributed by atoms with Crippen LogP contribution in [0.1, 0.15) is 92.0 Å². The summed E-state index contributed by atoms with van der Waals surface area (Å²) < 4.78 is 25.2. The predicted octanol–water partition coefficient (Wildman–Crippen LogP) is 2.67. The van der Waals surface area contributed by atoms with Gasteiger partial charge in [0, 0.05) is 42.0 Å². The number of carboxylic acid groups (broad SMARTS) is 1. The minimum Gasteiger partial charge on any atom is -0.508 e. The molecule has 5 aromatic carbocycles. The highest BCUT2D eigenvalue weighted by molar-refractivity contribution is 6.32. The Labute approximate surface area is 512 Å². The monoisotopic (exact) mass is 1260 g/mol. The van der Waals surface area contributed by atoms with Crippen molar-refractivity contribution < 1.29 is 93.0 Å². The maximum absolute atomic E-state index is 14.3. The number of hydrogen-bond donors (Lipinski definition) is 15. The molecule has 3 aliphatic heterocycles. The summed E-state index contributed by atoms with van der Waals surface area (Å²) in [6.07, 6.45) is -6.70. The zero-order valence-electron chi connectivity index (χ0n) is 47.5. The first-order chi connectivity index (χ1) is 41.6. The number of likely N-dealkylation sites (N-methyl/N-ethyl adjacent to an activating group) is 1. The minimum absolute atomic E-state index is 0.00224. The Morgan fingerprint density at radius 3 is 2.16 bits per heavy atom. The summed E-state index contributed by atoms with van der Waals surface area (Å²) >= 11 is 13.7. The smallest absolute Gasteiger partial charge is 0.330 e. The molecule has 4 bridgehead atoms.